The van der Waals surface area contributed by atoms with Gasteiger partial charge in [-0.15, -0.1) is 0 Å². The van der Waals surface area contributed by atoms with Gasteiger partial charge in [-0.05, 0) is 0 Å². The quantitative estimate of drug-likeness (QED) is 0.237. The SMILES string of the molecule is [Be+2].[F-].[F-].[F-].[F-].[Li+].[NH4+]. The fourth-order valence-corrected chi connectivity index (χ4v) is 0. The van der Waals surface area contributed by atoms with Crippen LogP contribution in [0.4, 0.5) is 0 Å². The normalized spacial score (nSPS) is 0. The summed E-state index contributed by atoms with van der Waals surface area (Å²) < 4.78 is 0. The summed E-state index contributed by atoms with van der Waals surface area (Å²) in [5.41, 5.74) is 0. The molecule has 0 spiro atoms. The number of halogens is 4. The van der Waals surface area contributed by atoms with Gasteiger partial charge in [0.2, 0.25) is 0 Å². The number of rotatable bonds is 0. The molecule has 0 heterocycles. The largest absolute Gasteiger partial charge is 2.00 e. The Morgan fingerprint density at radius 1 is 0.571 bits per heavy atom. The topological polar surface area (TPSA) is 36.5 Å². The zero-order valence-electron chi connectivity index (χ0n) is 4.22. The van der Waals surface area contributed by atoms with Gasteiger partial charge in [0.25, 0.3) is 0 Å². The van der Waals surface area contributed by atoms with Gasteiger partial charge in [-0.1, -0.05) is 0 Å². The Bertz CT molecular complexity index is 11.7. The molecule has 7 heteroatoms. The third-order valence-electron chi connectivity index (χ3n) is 0. The van der Waals surface area contributed by atoms with E-state index >= 15 is 0 Å². The van der Waals surface area contributed by atoms with Gasteiger partial charge in [0.15, 0.2) is 0 Å². The standard InChI is InChI=1S/Be.4FH.Li.H3N/h;4*1H;;1H3/q+2;;;;;+1;/p-3. The van der Waals surface area contributed by atoms with Crippen LogP contribution < -0.4 is 43.8 Å². The molecule has 0 unspecified atom stereocenters. The maximum Gasteiger partial charge on any atom is 2.00 e. The molecule has 7 heavy (non-hydrogen) atoms. The monoisotopic (exact) mass is 110 g/mol. The van der Waals surface area contributed by atoms with Gasteiger partial charge in [-0.3, -0.25) is 0 Å². The first-order valence-electron chi connectivity index (χ1n) is 0. The van der Waals surface area contributed by atoms with E-state index in [1.165, 1.54) is 0 Å². The van der Waals surface area contributed by atoms with Gasteiger partial charge in [0, 0.05) is 0 Å². The predicted molar refractivity (Wildman–Crippen MR) is 11.7 cm³/mol. The Morgan fingerprint density at radius 2 is 0.571 bits per heavy atom. The molecule has 0 aromatic heterocycles. The average Bonchev–Trinajstić information content (AvgIpc) is 0. The molecule has 0 aromatic carbocycles. The Morgan fingerprint density at radius 3 is 0.571 bits per heavy atom. The van der Waals surface area contributed by atoms with Gasteiger partial charge in [-0.2, -0.15) is 0 Å². The van der Waals surface area contributed by atoms with E-state index in [0.717, 1.165) is 0 Å². The molecule has 0 aliphatic heterocycles. The summed E-state index contributed by atoms with van der Waals surface area (Å²) in [5.74, 6) is 0. The van der Waals surface area contributed by atoms with E-state index in [9.17, 15) is 0 Å². The fraction of sp³-hybridized carbons (Fsp3) is 0. The van der Waals surface area contributed by atoms with E-state index in [0.29, 0.717) is 0 Å². The van der Waals surface area contributed by atoms with Crippen LogP contribution in [0.2, 0.25) is 0 Å². The molecule has 0 atom stereocenters. The van der Waals surface area contributed by atoms with Crippen molar-refractivity contribution < 1.29 is 37.7 Å². The van der Waals surface area contributed by atoms with Crippen molar-refractivity contribution in [2.45, 2.75) is 0 Å². The molecule has 0 radical (unpaired) electrons. The van der Waals surface area contributed by atoms with Crippen molar-refractivity contribution in [3.8, 4) is 0 Å². The second kappa shape index (κ2) is 960. The Balaban J connectivity index is 0. The molecule has 0 amide bonds. The molecule has 1 nitrogen and oxygen atoms in total. The van der Waals surface area contributed by atoms with Crippen molar-refractivity contribution in [2.24, 2.45) is 0 Å². The van der Waals surface area contributed by atoms with Crippen LogP contribution in [0.25, 0.3) is 0 Å². The predicted octanol–water partition coefficient (Wildman–Crippen LogP) is -15.0. The van der Waals surface area contributed by atoms with Crippen molar-refractivity contribution in [3.05, 3.63) is 0 Å². The second-order valence-corrected chi connectivity index (χ2v) is 0. The minimum atomic E-state index is 0. The molecule has 0 bridgehead atoms. The van der Waals surface area contributed by atoms with Gasteiger partial charge < -0.3 is 25.0 Å². The van der Waals surface area contributed by atoms with Crippen LogP contribution in [0, 0.1) is 0 Å². The van der Waals surface area contributed by atoms with E-state index in [1.807, 2.05) is 0 Å². The van der Waals surface area contributed by atoms with E-state index in [4.69, 9.17) is 0 Å². The van der Waals surface area contributed by atoms with Crippen LogP contribution in [0.5, 0.6) is 0 Å². The second-order valence-electron chi connectivity index (χ2n) is 0. The number of hydrogen-bond acceptors (Lipinski definition) is 0. The van der Waals surface area contributed by atoms with Crippen molar-refractivity contribution in [1.82, 2.24) is 6.15 Å². The first-order valence-corrected chi connectivity index (χ1v) is 0. The zero-order chi connectivity index (χ0) is 0. The summed E-state index contributed by atoms with van der Waals surface area (Å²) in [6, 6.07) is 0. The molecule has 4 N–H and O–H groups in total. The Kier molecular flexibility index (Phi) is 213000. The molecular formula is H4BeF4LiN. The van der Waals surface area contributed by atoms with Crippen LogP contribution in [-0.2, 0) is 0 Å². The molecule has 0 aliphatic carbocycles. The third kappa shape index (κ3) is 640. The van der Waals surface area contributed by atoms with Crippen molar-refractivity contribution in [2.75, 3.05) is 0 Å². The summed E-state index contributed by atoms with van der Waals surface area (Å²) in [6.07, 6.45) is 0. The maximum absolute atomic E-state index is 0. The van der Waals surface area contributed by atoms with Crippen molar-refractivity contribution >= 4 is 10.1 Å². The minimum absolute atomic E-state index is 0. The Labute approximate surface area is 54.7 Å². The van der Waals surface area contributed by atoms with E-state index < -0.39 is 0 Å². The average molecular weight is 110 g/mol. The van der Waals surface area contributed by atoms with Crippen LogP contribution in [0.15, 0.2) is 0 Å². The summed E-state index contributed by atoms with van der Waals surface area (Å²) in [5, 5.41) is 0. The summed E-state index contributed by atoms with van der Waals surface area (Å²) in [6.45, 7) is 0. The molecule has 0 saturated carbocycles. The van der Waals surface area contributed by atoms with Crippen molar-refractivity contribution in [1.29, 1.82) is 0 Å². The summed E-state index contributed by atoms with van der Waals surface area (Å²) in [7, 11) is 0. The Hall–Kier alpha value is 0.446. The van der Waals surface area contributed by atoms with E-state index in [-0.39, 0.29) is 53.9 Å². The first kappa shape index (κ1) is 1550. The molecule has 0 fully saturated rings. The van der Waals surface area contributed by atoms with E-state index in [1.54, 1.807) is 0 Å². The van der Waals surface area contributed by atoms with Gasteiger partial charge in [0.1, 0.15) is 0 Å². The number of quaternary nitrogens is 1. The third-order valence-corrected chi connectivity index (χ3v) is 0. The number of hydrogen-bond donors (Lipinski definition) is 1. The molecule has 0 aliphatic rings. The molecular weight excluding hydrogens is 106 g/mol. The smallest absolute Gasteiger partial charge is 1.00 e. The van der Waals surface area contributed by atoms with Gasteiger partial charge in [0.05, 0.1) is 0 Å². The molecule has 40 valence electrons. The summed E-state index contributed by atoms with van der Waals surface area (Å²) in [4.78, 5) is 0. The molecule has 0 aromatic rings. The van der Waals surface area contributed by atoms with Crippen LogP contribution in [0.1, 0.15) is 0 Å². The van der Waals surface area contributed by atoms with Gasteiger partial charge in [-0.25, -0.2) is 0 Å². The van der Waals surface area contributed by atoms with Crippen LogP contribution in [0.3, 0.4) is 0 Å². The minimum Gasteiger partial charge on any atom is -1.00 e. The maximum atomic E-state index is 0. The van der Waals surface area contributed by atoms with Gasteiger partial charge >= 0.3 is 29.0 Å². The van der Waals surface area contributed by atoms with Crippen LogP contribution in [-0.4, -0.2) is 10.1 Å². The first-order chi connectivity index (χ1) is 0. The van der Waals surface area contributed by atoms with Crippen molar-refractivity contribution in [3.63, 3.8) is 0 Å². The fourth-order valence-electron chi connectivity index (χ4n) is 0. The zero-order valence-corrected chi connectivity index (χ0v) is 4.22. The molecule has 0 rings (SSSR count). The van der Waals surface area contributed by atoms with E-state index in [2.05, 4.69) is 0 Å². The molecule has 0 saturated heterocycles. The summed E-state index contributed by atoms with van der Waals surface area (Å²) >= 11 is 0. The van der Waals surface area contributed by atoms with Crippen LogP contribution >= 0.6 is 0 Å².